The van der Waals surface area contributed by atoms with E-state index in [1.54, 1.807) is 19.3 Å². The monoisotopic (exact) mass is 264 g/mol. The molecule has 0 radical (unpaired) electrons. The molecule has 18 heavy (non-hydrogen) atoms. The zero-order valence-electron chi connectivity index (χ0n) is 10.0. The molecule has 0 atom stereocenters. The summed E-state index contributed by atoms with van der Waals surface area (Å²) in [6.07, 6.45) is 5.95. The molecule has 6 heteroatoms. The minimum Gasteiger partial charge on any atom is -0.476 e. The summed E-state index contributed by atoms with van der Waals surface area (Å²) in [5.41, 5.74) is 1.88. The zero-order valence-corrected chi connectivity index (χ0v) is 10.8. The fourth-order valence-electron chi connectivity index (χ4n) is 1.52. The summed E-state index contributed by atoms with van der Waals surface area (Å²) >= 11 is 1.35. The Hall–Kier alpha value is -1.95. The molecule has 2 aromatic heterocycles. The average Bonchev–Trinajstić information content (AvgIpc) is 2.92. The van der Waals surface area contributed by atoms with Crippen LogP contribution in [0.2, 0.25) is 0 Å². The lowest BCUT2D eigenvalue weighted by Gasteiger charge is -1.88. The van der Waals surface area contributed by atoms with Crippen molar-refractivity contribution in [2.45, 2.75) is 20.3 Å². The first-order chi connectivity index (χ1) is 8.61. The average molecular weight is 264 g/mol. The van der Waals surface area contributed by atoms with Gasteiger partial charge >= 0.3 is 5.97 Å². The van der Waals surface area contributed by atoms with Gasteiger partial charge in [-0.2, -0.15) is 0 Å². The molecule has 5 nitrogen and oxygen atoms in total. The van der Waals surface area contributed by atoms with Gasteiger partial charge in [-0.25, -0.2) is 9.78 Å². The van der Waals surface area contributed by atoms with Crippen LogP contribution in [0.15, 0.2) is 10.8 Å². The number of aromatic nitrogens is 2. The second-order valence-corrected chi connectivity index (χ2v) is 4.90. The van der Waals surface area contributed by atoms with Crippen LogP contribution in [0.25, 0.3) is 12.2 Å². The molecule has 0 bridgehead atoms. The Bertz CT molecular complexity index is 598. The van der Waals surface area contributed by atoms with E-state index in [9.17, 15) is 4.79 Å². The van der Waals surface area contributed by atoms with Gasteiger partial charge in [0.25, 0.3) is 0 Å². The van der Waals surface area contributed by atoms with Crippen LogP contribution in [-0.2, 0) is 6.42 Å². The van der Waals surface area contributed by atoms with Crippen molar-refractivity contribution >= 4 is 29.5 Å². The molecule has 2 aromatic rings. The van der Waals surface area contributed by atoms with Crippen LogP contribution in [0, 0.1) is 6.92 Å². The highest BCUT2D eigenvalue weighted by Crippen LogP contribution is 2.20. The molecule has 0 aromatic carbocycles. The van der Waals surface area contributed by atoms with E-state index in [2.05, 4.69) is 10.1 Å². The molecule has 0 fully saturated rings. The van der Waals surface area contributed by atoms with E-state index in [-0.39, 0.29) is 5.69 Å². The maximum absolute atomic E-state index is 10.9. The highest BCUT2D eigenvalue weighted by Gasteiger charge is 2.12. The van der Waals surface area contributed by atoms with Crippen molar-refractivity contribution in [2.75, 3.05) is 0 Å². The van der Waals surface area contributed by atoms with Crippen LogP contribution in [0.4, 0.5) is 0 Å². The third kappa shape index (κ3) is 2.48. The highest BCUT2D eigenvalue weighted by atomic mass is 32.1. The number of carboxylic acid groups (broad SMARTS) is 1. The number of hydrogen-bond acceptors (Lipinski definition) is 5. The van der Waals surface area contributed by atoms with Gasteiger partial charge in [0, 0.05) is 10.4 Å². The summed E-state index contributed by atoms with van der Waals surface area (Å²) in [5.74, 6) is -0.998. The Kier molecular flexibility index (Phi) is 3.57. The Morgan fingerprint density at radius 3 is 2.94 bits per heavy atom. The summed E-state index contributed by atoms with van der Waals surface area (Å²) in [6, 6.07) is 0. The van der Waals surface area contributed by atoms with Gasteiger partial charge in [0.15, 0.2) is 5.69 Å². The molecule has 0 amide bonds. The van der Waals surface area contributed by atoms with Crippen LogP contribution < -0.4 is 0 Å². The van der Waals surface area contributed by atoms with E-state index in [1.165, 1.54) is 11.3 Å². The van der Waals surface area contributed by atoms with Crippen LogP contribution in [0.1, 0.15) is 38.6 Å². The van der Waals surface area contributed by atoms with Crippen molar-refractivity contribution in [1.29, 1.82) is 0 Å². The quantitative estimate of drug-likeness (QED) is 0.918. The molecule has 2 rings (SSSR count). The van der Waals surface area contributed by atoms with Gasteiger partial charge in [0.05, 0.1) is 5.69 Å². The van der Waals surface area contributed by atoms with E-state index in [1.807, 2.05) is 13.0 Å². The second-order valence-electron chi connectivity index (χ2n) is 3.67. The predicted octanol–water partition coefficient (Wildman–Crippen LogP) is 2.87. The Labute approximate surface area is 108 Å². The number of carbonyl (C=O) groups is 1. The van der Waals surface area contributed by atoms with Gasteiger partial charge in [-0.3, -0.25) is 0 Å². The first-order valence-electron chi connectivity index (χ1n) is 5.44. The molecule has 94 valence electrons. The Balaban J connectivity index is 2.24. The molecule has 0 unspecified atom stereocenters. The second kappa shape index (κ2) is 5.14. The number of aryl methyl sites for hydroxylation is 2. The third-order valence-corrected chi connectivity index (χ3v) is 3.37. The van der Waals surface area contributed by atoms with E-state index >= 15 is 0 Å². The SMILES string of the molecule is CCc1nocc1/C=C/c1nc(C(=O)O)c(C)s1. The molecule has 0 saturated carbocycles. The molecule has 0 aliphatic heterocycles. The smallest absolute Gasteiger partial charge is 0.355 e. The molecular weight excluding hydrogens is 252 g/mol. The fourth-order valence-corrected chi connectivity index (χ4v) is 2.34. The molecule has 1 N–H and O–H groups in total. The predicted molar refractivity (Wildman–Crippen MR) is 68.6 cm³/mol. The van der Waals surface area contributed by atoms with Crippen molar-refractivity contribution < 1.29 is 14.4 Å². The van der Waals surface area contributed by atoms with E-state index in [4.69, 9.17) is 9.63 Å². The summed E-state index contributed by atoms with van der Waals surface area (Å²) in [4.78, 5) is 15.6. The number of thiazole rings is 1. The van der Waals surface area contributed by atoms with Crippen LogP contribution in [0.3, 0.4) is 0 Å². The minimum atomic E-state index is -0.998. The van der Waals surface area contributed by atoms with E-state index < -0.39 is 5.97 Å². The van der Waals surface area contributed by atoms with E-state index in [0.29, 0.717) is 9.88 Å². The van der Waals surface area contributed by atoms with Gasteiger partial charge in [-0.15, -0.1) is 11.3 Å². The highest BCUT2D eigenvalue weighted by molar-refractivity contribution is 7.12. The Morgan fingerprint density at radius 1 is 1.56 bits per heavy atom. The van der Waals surface area contributed by atoms with Gasteiger partial charge in [-0.05, 0) is 25.5 Å². The topological polar surface area (TPSA) is 76.2 Å². The van der Waals surface area contributed by atoms with E-state index in [0.717, 1.165) is 17.7 Å². The van der Waals surface area contributed by atoms with Crippen molar-refractivity contribution in [2.24, 2.45) is 0 Å². The fraction of sp³-hybridized carbons (Fsp3) is 0.250. The lowest BCUT2D eigenvalue weighted by molar-refractivity contribution is 0.0690. The molecule has 0 aliphatic rings. The third-order valence-electron chi connectivity index (χ3n) is 2.43. The Morgan fingerprint density at radius 2 is 2.33 bits per heavy atom. The molecule has 2 heterocycles. The van der Waals surface area contributed by atoms with Crippen molar-refractivity contribution in [3.05, 3.63) is 33.1 Å². The van der Waals surface area contributed by atoms with Gasteiger partial charge < -0.3 is 9.63 Å². The number of nitrogens with zero attached hydrogens (tertiary/aromatic N) is 2. The van der Waals surface area contributed by atoms with Crippen molar-refractivity contribution in [3.63, 3.8) is 0 Å². The van der Waals surface area contributed by atoms with Crippen LogP contribution >= 0.6 is 11.3 Å². The number of rotatable bonds is 4. The molecular formula is C12H12N2O3S. The van der Waals surface area contributed by atoms with Gasteiger partial charge in [-0.1, -0.05) is 12.1 Å². The van der Waals surface area contributed by atoms with Crippen LogP contribution in [0.5, 0.6) is 0 Å². The van der Waals surface area contributed by atoms with Crippen molar-refractivity contribution in [3.8, 4) is 0 Å². The van der Waals surface area contributed by atoms with Gasteiger partial charge in [0.2, 0.25) is 0 Å². The maximum atomic E-state index is 10.9. The first-order valence-corrected chi connectivity index (χ1v) is 6.25. The van der Waals surface area contributed by atoms with Crippen LogP contribution in [-0.4, -0.2) is 21.2 Å². The molecule has 0 aliphatic carbocycles. The summed E-state index contributed by atoms with van der Waals surface area (Å²) in [7, 11) is 0. The zero-order chi connectivity index (χ0) is 13.1. The lowest BCUT2D eigenvalue weighted by Crippen LogP contribution is -1.98. The van der Waals surface area contributed by atoms with Crippen molar-refractivity contribution in [1.82, 2.24) is 10.1 Å². The maximum Gasteiger partial charge on any atom is 0.355 e. The minimum absolute atomic E-state index is 0.112. The lowest BCUT2D eigenvalue weighted by atomic mass is 10.2. The number of hydrogen-bond donors (Lipinski definition) is 1. The number of carboxylic acids is 1. The summed E-state index contributed by atoms with van der Waals surface area (Å²) in [5, 5.41) is 13.4. The summed E-state index contributed by atoms with van der Waals surface area (Å²) in [6.45, 7) is 3.74. The number of aromatic carboxylic acids is 1. The normalized spacial score (nSPS) is 11.2. The largest absolute Gasteiger partial charge is 0.476 e. The summed E-state index contributed by atoms with van der Waals surface area (Å²) < 4.78 is 4.88. The first kappa shape index (κ1) is 12.5. The molecule has 0 saturated heterocycles. The van der Waals surface area contributed by atoms with Gasteiger partial charge in [0.1, 0.15) is 11.3 Å². The molecule has 0 spiro atoms. The standard InChI is InChI=1S/C12H12N2O3S/c1-3-9-8(6-17-14-9)4-5-10-13-11(12(15)16)7(2)18-10/h4-6H,3H2,1-2H3,(H,15,16)/b5-4+.